The highest BCUT2D eigenvalue weighted by molar-refractivity contribution is 6.35. The molecule has 4 rings (SSSR count). The Morgan fingerprint density at radius 3 is 2.57 bits per heavy atom. The number of aliphatic hydroxyl groups is 3. The molecule has 6 nitrogen and oxygen atoms in total. The first-order valence-electron chi connectivity index (χ1n) is 9.06. The maximum Gasteiger partial charge on any atom is 0.162 e. The highest BCUT2D eigenvalue weighted by Gasteiger charge is 2.39. The second-order valence-electron chi connectivity index (χ2n) is 6.99. The first-order valence-corrected chi connectivity index (χ1v) is 9.44. The Morgan fingerprint density at radius 1 is 1.11 bits per heavy atom. The van der Waals surface area contributed by atoms with Crippen LogP contribution >= 0.6 is 11.6 Å². The van der Waals surface area contributed by atoms with Crippen molar-refractivity contribution in [1.29, 1.82) is 0 Å². The van der Waals surface area contributed by atoms with Gasteiger partial charge in [0, 0.05) is 11.6 Å². The molecule has 1 aliphatic heterocycles. The average molecular weight is 404 g/mol. The van der Waals surface area contributed by atoms with Crippen LogP contribution < -0.4 is 4.74 Å². The minimum Gasteiger partial charge on any atom is -0.497 e. The van der Waals surface area contributed by atoms with E-state index in [2.05, 4.69) is 0 Å². The quantitative estimate of drug-likeness (QED) is 0.623. The number of nitrogens with zero attached hydrogens (tertiary/aromatic N) is 1. The molecule has 28 heavy (non-hydrogen) atoms. The summed E-state index contributed by atoms with van der Waals surface area (Å²) in [5.74, 6) is 0.787. The summed E-state index contributed by atoms with van der Waals surface area (Å²) in [6.07, 6.45) is -1.95. The zero-order chi connectivity index (χ0) is 19.8. The lowest BCUT2D eigenvalue weighted by Crippen LogP contribution is -2.50. The van der Waals surface area contributed by atoms with Gasteiger partial charge in [-0.15, -0.1) is 0 Å². The predicted molar refractivity (Wildman–Crippen MR) is 106 cm³/mol. The number of rotatable bonds is 4. The largest absolute Gasteiger partial charge is 0.497 e. The van der Waals surface area contributed by atoms with Crippen molar-refractivity contribution in [3.05, 3.63) is 64.8 Å². The van der Waals surface area contributed by atoms with Gasteiger partial charge in [0.25, 0.3) is 0 Å². The molecule has 1 aliphatic rings. The number of halogens is 1. The number of hydrogen-bond acceptors (Lipinski definition) is 5. The molecule has 0 amide bonds. The van der Waals surface area contributed by atoms with Crippen molar-refractivity contribution in [2.45, 2.75) is 31.0 Å². The van der Waals surface area contributed by atoms with Crippen LogP contribution in [0.3, 0.4) is 0 Å². The summed E-state index contributed by atoms with van der Waals surface area (Å²) in [6.45, 7) is -0.0586. The van der Waals surface area contributed by atoms with E-state index in [1.165, 1.54) is 0 Å². The molecule has 2 heterocycles. The summed E-state index contributed by atoms with van der Waals surface area (Å²) >= 11 is 6.49. The number of aromatic nitrogens is 1. The fraction of sp³-hybridized carbons (Fsp3) is 0.333. The van der Waals surface area contributed by atoms with Crippen LogP contribution in [0.25, 0.3) is 10.9 Å². The third-order valence-corrected chi connectivity index (χ3v) is 5.50. The molecule has 4 atom stereocenters. The maximum atomic E-state index is 10.4. The molecular weight excluding hydrogens is 382 g/mol. The lowest BCUT2D eigenvalue weighted by atomic mass is 10.0. The molecule has 0 radical (unpaired) electrons. The van der Waals surface area contributed by atoms with E-state index in [0.29, 0.717) is 11.4 Å². The van der Waals surface area contributed by atoms with E-state index in [1.807, 2.05) is 48.7 Å². The van der Waals surface area contributed by atoms with E-state index >= 15 is 0 Å². The van der Waals surface area contributed by atoms with Crippen LogP contribution in [0, 0.1) is 0 Å². The Labute approximate surface area is 167 Å². The Bertz CT molecular complexity index is 971. The number of hydrogen-bond donors (Lipinski definition) is 3. The van der Waals surface area contributed by atoms with Crippen molar-refractivity contribution in [2.75, 3.05) is 13.7 Å². The van der Waals surface area contributed by atoms with Crippen LogP contribution in [0.15, 0.2) is 48.7 Å². The van der Waals surface area contributed by atoms with Crippen molar-refractivity contribution < 1.29 is 24.8 Å². The van der Waals surface area contributed by atoms with E-state index in [9.17, 15) is 15.3 Å². The SMILES string of the molecule is COc1ccc(Cc2cn([C@@H]3OC[C@@H](O)[C@H](O)[C@H]3O)c3cccc(Cl)c23)cc1. The van der Waals surface area contributed by atoms with Crippen molar-refractivity contribution in [3.8, 4) is 5.75 Å². The Morgan fingerprint density at radius 2 is 1.86 bits per heavy atom. The van der Waals surface area contributed by atoms with Gasteiger partial charge in [-0.25, -0.2) is 0 Å². The van der Waals surface area contributed by atoms with Gasteiger partial charge in [-0.05, 0) is 41.8 Å². The van der Waals surface area contributed by atoms with Crippen molar-refractivity contribution >= 4 is 22.5 Å². The first kappa shape index (κ1) is 19.2. The molecule has 0 saturated carbocycles. The lowest BCUT2D eigenvalue weighted by Gasteiger charge is -2.36. The topological polar surface area (TPSA) is 84.1 Å². The fourth-order valence-electron chi connectivity index (χ4n) is 3.69. The van der Waals surface area contributed by atoms with Gasteiger partial charge in [-0.3, -0.25) is 0 Å². The van der Waals surface area contributed by atoms with Gasteiger partial charge >= 0.3 is 0 Å². The maximum absolute atomic E-state index is 10.4. The molecular formula is C21H22ClNO5. The lowest BCUT2D eigenvalue weighted by molar-refractivity contribution is -0.209. The Hall–Kier alpha value is -2.09. The molecule has 0 bridgehead atoms. The van der Waals surface area contributed by atoms with E-state index in [1.54, 1.807) is 11.7 Å². The molecule has 1 saturated heterocycles. The van der Waals surface area contributed by atoms with Crippen LogP contribution in [0.1, 0.15) is 17.4 Å². The summed E-state index contributed by atoms with van der Waals surface area (Å²) in [7, 11) is 1.63. The van der Waals surface area contributed by atoms with Gasteiger partial charge in [0.1, 0.15) is 24.1 Å². The van der Waals surface area contributed by atoms with E-state index in [4.69, 9.17) is 21.1 Å². The minimum absolute atomic E-state index is 0.0586. The predicted octanol–water partition coefficient (Wildman–Crippen LogP) is 2.51. The van der Waals surface area contributed by atoms with Crippen molar-refractivity contribution in [2.24, 2.45) is 0 Å². The molecule has 148 valence electrons. The molecule has 1 aromatic heterocycles. The third-order valence-electron chi connectivity index (χ3n) is 5.19. The van der Waals surface area contributed by atoms with E-state index in [-0.39, 0.29) is 6.61 Å². The second-order valence-corrected chi connectivity index (χ2v) is 7.40. The average Bonchev–Trinajstić information content (AvgIpc) is 3.06. The van der Waals surface area contributed by atoms with Gasteiger partial charge in [0.15, 0.2) is 6.23 Å². The van der Waals surface area contributed by atoms with Crippen LogP contribution in [-0.4, -0.2) is 51.9 Å². The Kier molecular flexibility index (Phi) is 5.31. The monoisotopic (exact) mass is 403 g/mol. The van der Waals surface area contributed by atoms with Crippen LogP contribution in [-0.2, 0) is 11.2 Å². The van der Waals surface area contributed by atoms with Gasteiger partial charge in [0.05, 0.1) is 24.3 Å². The van der Waals surface area contributed by atoms with Crippen LogP contribution in [0.5, 0.6) is 5.75 Å². The molecule has 3 aromatic rings. The summed E-state index contributed by atoms with van der Waals surface area (Å²) in [5.41, 5.74) is 2.85. The normalized spacial score (nSPS) is 25.2. The number of methoxy groups -OCH3 is 1. The number of ether oxygens (including phenoxy) is 2. The number of aliphatic hydroxyl groups excluding tert-OH is 3. The third kappa shape index (κ3) is 3.38. The van der Waals surface area contributed by atoms with Gasteiger partial charge in [0.2, 0.25) is 0 Å². The first-order chi connectivity index (χ1) is 13.5. The van der Waals surface area contributed by atoms with Gasteiger partial charge < -0.3 is 29.4 Å². The van der Waals surface area contributed by atoms with Crippen molar-refractivity contribution in [1.82, 2.24) is 4.57 Å². The van der Waals surface area contributed by atoms with E-state index < -0.39 is 24.5 Å². The molecule has 3 N–H and O–H groups in total. The molecule has 1 fully saturated rings. The minimum atomic E-state index is -1.28. The standard InChI is InChI=1S/C21H22ClNO5/c1-27-14-7-5-12(6-8-14)9-13-10-23(16-4-2-3-15(22)18(13)16)21-20(26)19(25)17(24)11-28-21/h2-8,10,17,19-21,24-26H,9,11H2,1H3/t17-,19+,20-,21-/m1/s1. The smallest absolute Gasteiger partial charge is 0.162 e. The van der Waals surface area contributed by atoms with Gasteiger partial charge in [-0.1, -0.05) is 29.8 Å². The summed E-state index contributed by atoms with van der Waals surface area (Å²) in [6, 6.07) is 13.3. The number of fused-ring (bicyclic) bond motifs is 1. The highest BCUT2D eigenvalue weighted by Crippen LogP contribution is 2.35. The Balaban J connectivity index is 1.75. The molecule has 0 unspecified atom stereocenters. The van der Waals surface area contributed by atoms with Crippen LogP contribution in [0.4, 0.5) is 0 Å². The van der Waals surface area contributed by atoms with E-state index in [0.717, 1.165) is 27.8 Å². The zero-order valence-corrected chi connectivity index (χ0v) is 16.1. The summed E-state index contributed by atoms with van der Waals surface area (Å²) < 4.78 is 12.6. The van der Waals surface area contributed by atoms with Gasteiger partial charge in [-0.2, -0.15) is 0 Å². The molecule has 0 aliphatic carbocycles. The highest BCUT2D eigenvalue weighted by atomic mass is 35.5. The van der Waals surface area contributed by atoms with Crippen molar-refractivity contribution in [3.63, 3.8) is 0 Å². The van der Waals surface area contributed by atoms with Crippen LogP contribution in [0.2, 0.25) is 5.02 Å². The summed E-state index contributed by atoms with van der Waals surface area (Å²) in [5, 5.41) is 31.7. The fourth-order valence-corrected chi connectivity index (χ4v) is 3.98. The number of benzene rings is 2. The molecule has 2 aromatic carbocycles. The molecule has 0 spiro atoms. The summed E-state index contributed by atoms with van der Waals surface area (Å²) in [4.78, 5) is 0. The zero-order valence-electron chi connectivity index (χ0n) is 15.3. The second kappa shape index (κ2) is 7.73. The molecule has 7 heteroatoms.